The second-order valence-electron chi connectivity index (χ2n) is 2.59. The summed E-state index contributed by atoms with van der Waals surface area (Å²) in [5, 5.41) is -0.0505. The van der Waals surface area contributed by atoms with Crippen molar-refractivity contribution in [2.24, 2.45) is 0 Å². The maximum absolute atomic E-state index is 11.4. The number of rotatable bonds is 0. The zero-order chi connectivity index (χ0) is 9.42. The number of hydrogen-bond acceptors (Lipinski definition) is 3. The molecule has 0 fully saturated rings. The number of carbonyl (C=O) groups is 2. The van der Waals surface area contributed by atoms with E-state index in [0.717, 1.165) is 6.08 Å². The van der Waals surface area contributed by atoms with E-state index in [4.69, 9.17) is 11.6 Å². The summed E-state index contributed by atoms with van der Waals surface area (Å²) in [5.74, 6) is -0.662. The molecule has 0 N–H and O–H groups in total. The third kappa shape index (κ3) is 1.17. The van der Waals surface area contributed by atoms with Gasteiger partial charge in [0.15, 0.2) is 0 Å². The van der Waals surface area contributed by atoms with Crippen LogP contribution in [0.3, 0.4) is 0 Å². The molecule has 13 heavy (non-hydrogen) atoms. The lowest BCUT2D eigenvalue weighted by Crippen LogP contribution is -2.15. The van der Waals surface area contributed by atoms with Gasteiger partial charge in [0.25, 0.3) is 0 Å². The van der Waals surface area contributed by atoms with Crippen molar-refractivity contribution in [2.45, 2.75) is 0 Å². The van der Waals surface area contributed by atoms with Gasteiger partial charge >= 0.3 is 0 Å². The molecule has 0 atom stereocenters. The van der Waals surface area contributed by atoms with Crippen LogP contribution in [0.4, 0.5) is 0 Å². The van der Waals surface area contributed by atoms with Gasteiger partial charge < -0.3 is 0 Å². The van der Waals surface area contributed by atoms with Crippen LogP contribution in [-0.4, -0.2) is 16.6 Å². The van der Waals surface area contributed by atoms with E-state index in [1.807, 2.05) is 0 Å². The highest BCUT2D eigenvalue weighted by atomic mass is 35.5. The van der Waals surface area contributed by atoms with Crippen molar-refractivity contribution in [3.05, 3.63) is 40.7 Å². The van der Waals surface area contributed by atoms with Crippen molar-refractivity contribution >= 4 is 23.2 Å². The fourth-order valence-corrected chi connectivity index (χ4v) is 1.36. The third-order valence-electron chi connectivity index (χ3n) is 1.76. The van der Waals surface area contributed by atoms with Gasteiger partial charge in [-0.05, 0) is 12.1 Å². The number of pyridine rings is 1. The van der Waals surface area contributed by atoms with Gasteiger partial charge in [-0.3, -0.25) is 14.6 Å². The van der Waals surface area contributed by atoms with Crippen molar-refractivity contribution in [1.82, 2.24) is 4.98 Å². The summed E-state index contributed by atoms with van der Waals surface area (Å²) in [6.45, 7) is 0. The number of hydrogen-bond donors (Lipinski definition) is 0. The first-order chi connectivity index (χ1) is 6.20. The highest BCUT2D eigenvalue weighted by Gasteiger charge is 2.24. The number of aromatic nitrogens is 1. The smallest absolute Gasteiger partial charge is 0.206 e. The molecule has 1 aromatic rings. The van der Waals surface area contributed by atoms with Crippen LogP contribution in [0.5, 0.6) is 0 Å². The maximum Gasteiger partial charge on any atom is 0.206 e. The predicted molar refractivity (Wildman–Crippen MR) is 46.8 cm³/mol. The molecule has 64 valence electrons. The fraction of sp³-hybridized carbons (Fsp3) is 0. The van der Waals surface area contributed by atoms with E-state index in [1.54, 1.807) is 6.07 Å². The monoisotopic (exact) mass is 193 g/mol. The minimum absolute atomic E-state index is 0.0505. The molecule has 0 unspecified atom stereocenters. The van der Waals surface area contributed by atoms with Gasteiger partial charge in [0.2, 0.25) is 11.6 Å². The molecule has 0 amide bonds. The summed E-state index contributed by atoms with van der Waals surface area (Å²) in [6, 6.07) is 3.14. The average molecular weight is 194 g/mol. The Morgan fingerprint density at radius 1 is 1.31 bits per heavy atom. The summed E-state index contributed by atoms with van der Waals surface area (Å²) in [5.41, 5.74) is 0.455. The van der Waals surface area contributed by atoms with Crippen molar-refractivity contribution in [1.29, 1.82) is 0 Å². The standard InChI is InChI=1S/C9H4ClNO2/c10-6-4-7(12)8-5(9(6)13)2-1-3-11-8/h1-4H. The van der Waals surface area contributed by atoms with Crippen LogP contribution in [0.25, 0.3) is 0 Å². The lowest BCUT2D eigenvalue weighted by Gasteiger charge is -2.08. The minimum Gasteiger partial charge on any atom is -0.288 e. The lowest BCUT2D eigenvalue weighted by atomic mass is 10.0. The van der Waals surface area contributed by atoms with Gasteiger partial charge in [0.05, 0.1) is 10.6 Å². The second-order valence-corrected chi connectivity index (χ2v) is 2.99. The molecule has 0 bridgehead atoms. The molecular formula is C9H4ClNO2. The second kappa shape index (κ2) is 2.78. The number of nitrogens with zero attached hydrogens (tertiary/aromatic N) is 1. The largest absolute Gasteiger partial charge is 0.288 e. The molecule has 1 aliphatic carbocycles. The first-order valence-corrected chi connectivity index (χ1v) is 3.99. The number of ketones is 2. The van der Waals surface area contributed by atoms with Crippen LogP contribution < -0.4 is 0 Å². The Hall–Kier alpha value is -1.48. The first kappa shape index (κ1) is 8.13. The molecule has 1 aromatic heterocycles. The zero-order valence-electron chi connectivity index (χ0n) is 6.45. The Labute approximate surface area is 79.0 Å². The minimum atomic E-state index is -0.343. The SMILES string of the molecule is O=C1C(Cl)=CC(=O)c2ncccc21. The molecule has 1 aliphatic rings. The topological polar surface area (TPSA) is 47.0 Å². The molecule has 0 saturated heterocycles. The third-order valence-corrected chi connectivity index (χ3v) is 2.04. The van der Waals surface area contributed by atoms with Gasteiger partial charge in [0, 0.05) is 12.3 Å². The van der Waals surface area contributed by atoms with E-state index < -0.39 is 0 Å². The summed E-state index contributed by atoms with van der Waals surface area (Å²) < 4.78 is 0. The molecule has 0 aliphatic heterocycles. The molecule has 3 nitrogen and oxygen atoms in total. The lowest BCUT2D eigenvalue weighted by molar-refractivity contribution is 0.0987. The Morgan fingerprint density at radius 2 is 2.08 bits per heavy atom. The van der Waals surface area contributed by atoms with Crippen LogP contribution in [0.15, 0.2) is 29.4 Å². The van der Waals surface area contributed by atoms with Crippen LogP contribution in [0.1, 0.15) is 20.8 Å². The van der Waals surface area contributed by atoms with Gasteiger partial charge in [-0.2, -0.15) is 0 Å². The molecule has 2 rings (SSSR count). The zero-order valence-corrected chi connectivity index (χ0v) is 7.21. The fourth-order valence-electron chi connectivity index (χ4n) is 1.16. The molecule has 1 heterocycles. The number of fused-ring (bicyclic) bond motifs is 1. The first-order valence-electron chi connectivity index (χ1n) is 3.61. The summed E-state index contributed by atoms with van der Waals surface area (Å²) in [7, 11) is 0. The number of Topliss-reactive ketones (excluding diaryl/α,β-unsaturated/α-hetero) is 1. The van der Waals surface area contributed by atoms with Gasteiger partial charge in [0.1, 0.15) is 5.69 Å². The van der Waals surface area contributed by atoms with Crippen LogP contribution >= 0.6 is 11.6 Å². The van der Waals surface area contributed by atoms with Gasteiger partial charge in [-0.15, -0.1) is 0 Å². The maximum atomic E-state index is 11.4. The van der Waals surface area contributed by atoms with Crippen molar-refractivity contribution in [2.75, 3.05) is 0 Å². The van der Waals surface area contributed by atoms with Gasteiger partial charge in [-0.25, -0.2) is 0 Å². The quantitative estimate of drug-likeness (QED) is 0.629. The normalized spacial score (nSPS) is 15.3. The van der Waals surface area contributed by atoms with E-state index >= 15 is 0 Å². The number of carbonyl (C=O) groups excluding carboxylic acids is 2. The van der Waals surface area contributed by atoms with Gasteiger partial charge in [-0.1, -0.05) is 11.6 Å². The van der Waals surface area contributed by atoms with E-state index in [9.17, 15) is 9.59 Å². The van der Waals surface area contributed by atoms with E-state index in [2.05, 4.69) is 4.98 Å². The molecule has 0 saturated carbocycles. The van der Waals surface area contributed by atoms with Crippen molar-refractivity contribution in [3.63, 3.8) is 0 Å². The molecule has 0 aromatic carbocycles. The molecular weight excluding hydrogens is 190 g/mol. The molecule has 0 radical (unpaired) electrons. The Balaban J connectivity index is 2.69. The molecule has 4 heteroatoms. The Bertz CT molecular complexity index is 437. The highest BCUT2D eigenvalue weighted by molar-refractivity contribution is 6.48. The van der Waals surface area contributed by atoms with E-state index in [-0.39, 0.29) is 27.9 Å². The van der Waals surface area contributed by atoms with E-state index in [1.165, 1.54) is 12.3 Å². The summed E-state index contributed by atoms with van der Waals surface area (Å²) >= 11 is 5.55. The summed E-state index contributed by atoms with van der Waals surface area (Å²) in [6.07, 6.45) is 2.57. The van der Waals surface area contributed by atoms with E-state index in [0.29, 0.717) is 0 Å². The number of halogens is 1. The van der Waals surface area contributed by atoms with Crippen molar-refractivity contribution < 1.29 is 9.59 Å². The predicted octanol–water partition coefficient (Wildman–Crippen LogP) is 1.58. The molecule has 0 spiro atoms. The van der Waals surface area contributed by atoms with Crippen LogP contribution in [-0.2, 0) is 0 Å². The average Bonchev–Trinajstić information content (AvgIpc) is 2.15. The highest BCUT2D eigenvalue weighted by Crippen LogP contribution is 2.20. The Kier molecular flexibility index (Phi) is 1.74. The summed E-state index contributed by atoms with van der Waals surface area (Å²) in [4.78, 5) is 26.4. The van der Waals surface area contributed by atoms with Crippen LogP contribution in [0, 0.1) is 0 Å². The Morgan fingerprint density at radius 3 is 2.85 bits per heavy atom. The number of allylic oxidation sites excluding steroid dienone is 2. The van der Waals surface area contributed by atoms with Crippen molar-refractivity contribution in [3.8, 4) is 0 Å². The van der Waals surface area contributed by atoms with Crippen LogP contribution in [0.2, 0.25) is 0 Å².